The molecule has 0 saturated carbocycles. The fourth-order valence-electron chi connectivity index (χ4n) is 12.6. The maximum Gasteiger partial charge on any atom is 0.230 e. The van der Waals surface area contributed by atoms with E-state index in [2.05, 4.69) is 52.0 Å². The second-order valence-corrected chi connectivity index (χ2v) is 20.6. The van der Waals surface area contributed by atoms with Gasteiger partial charge in [-0.3, -0.25) is 0 Å². The lowest BCUT2D eigenvalue weighted by Gasteiger charge is -2.37. The van der Waals surface area contributed by atoms with Crippen LogP contribution in [0, 0.1) is 0 Å². The summed E-state index contributed by atoms with van der Waals surface area (Å²) < 4.78 is 53.8. The summed E-state index contributed by atoms with van der Waals surface area (Å²) >= 11 is 0. The van der Waals surface area contributed by atoms with Crippen molar-refractivity contribution in [2.75, 3.05) is 27.2 Å². The Kier molecular flexibility index (Phi) is 17.6. The van der Waals surface area contributed by atoms with Gasteiger partial charge in [-0.05, 0) is 49.9 Å². The molecule has 12 heteroatoms. The Morgan fingerprint density at radius 1 is 0.292 bits per heavy atom. The number of ether oxygens (including phenoxy) is 8. The third-order valence-electron chi connectivity index (χ3n) is 16.2. The fraction of sp³-hybridized carbons (Fsp3) is 0.600. The summed E-state index contributed by atoms with van der Waals surface area (Å²) in [5.41, 5.74) is 9.69. The van der Waals surface area contributed by atoms with E-state index in [1.165, 1.54) is 0 Å². The highest BCUT2D eigenvalue weighted by Crippen LogP contribution is 2.58. The molecular weight excluding hydrogens is 913 g/mol. The monoisotopic (exact) mass is 993 g/mol. The number of aliphatic hydroxyl groups is 4. The van der Waals surface area contributed by atoms with Crippen molar-refractivity contribution in [2.45, 2.75) is 206 Å². The Labute approximate surface area is 427 Å². The maximum absolute atomic E-state index is 11.6. The SMILES string of the molecule is CCCCCCC1c2cc3c4c(CO)c2OCOc2c1cc1c(c2CO)OCOc2c(cc5c(c2CO)OCOc2c(cc(c(c2CO)OCO4)C3CCCCCC)C5CCCCCC)C1CCCCCC. The minimum atomic E-state index is -0.344. The normalized spacial score (nSPS) is 18.9. The second-order valence-electron chi connectivity index (χ2n) is 20.6. The Balaban J connectivity index is 1.45. The molecule has 392 valence electrons. The molecule has 12 nitrogen and oxygen atoms in total. The molecule has 0 unspecified atom stereocenters. The van der Waals surface area contributed by atoms with Crippen LogP contribution in [0.15, 0.2) is 24.3 Å². The third-order valence-corrected chi connectivity index (χ3v) is 16.2. The van der Waals surface area contributed by atoms with Crippen molar-refractivity contribution in [3.05, 3.63) is 91.0 Å². The molecule has 1 aliphatic carbocycles. The largest absolute Gasteiger partial charge is 0.457 e. The van der Waals surface area contributed by atoms with E-state index >= 15 is 0 Å². The summed E-state index contributed by atoms with van der Waals surface area (Å²) in [6.45, 7) is 6.78. The van der Waals surface area contributed by atoms with Crippen LogP contribution in [-0.2, 0) is 26.4 Å². The summed E-state index contributed by atoms with van der Waals surface area (Å²) in [7, 11) is 0. The highest BCUT2D eigenvalue weighted by molar-refractivity contribution is 5.69. The predicted octanol–water partition coefficient (Wildman–Crippen LogP) is 13.3. The van der Waals surface area contributed by atoms with Crippen LogP contribution in [0.5, 0.6) is 46.0 Å². The summed E-state index contributed by atoms with van der Waals surface area (Å²) in [6.07, 6.45) is 19.5. The Morgan fingerprint density at radius 2 is 0.472 bits per heavy atom. The highest BCUT2D eigenvalue weighted by atomic mass is 16.7. The molecule has 9 rings (SSSR count). The maximum atomic E-state index is 11.6. The molecule has 4 N–H and O–H groups in total. The first-order valence-corrected chi connectivity index (χ1v) is 27.7. The van der Waals surface area contributed by atoms with Gasteiger partial charge in [-0.25, -0.2) is 0 Å². The van der Waals surface area contributed by atoms with Gasteiger partial charge in [-0.1, -0.05) is 130 Å². The van der Waals surface area contributed by atoms with Gasteiger partial charge >= 0.3 is 0 Å². The number of hydrogen-bond donors (Lipinski definition) is 4. The van der Waals surface area contributed by atoms with Gasteiger partial charge in [-0.2, -0.15) is 0 Å². The molecule has 4 aromatic rings. The number of benzene rings is 4. The van der Waals surface area contributed by atoms with Crippen LogP contribution >= 0.6 is 0 Å². The number of rotatable bonds is 24. The van der Waals surface area contributed by atoms with Crippen molar-refractivity contribution in [1.82, 2.24) is 0 Å². The molecule has 0 saturated heterocycles. The van der Waals surface area contributed by atoms with Gasteiger partial charge in [0, 0.05) is 68.2 Å². The summed E-state index contributed by atoms with van der Waals surface area (Å²) in [5, 5.41) is 46.6. The molecule has 0 spiro atoms. The lowest BCUT2D eigenvalue weighted by Crippen LogP contribution is -2.25. The average molecular weight is 993 g/mol. The summed E-state index contributed by atoms with van der Waals surface area (Å²) in [4.78, 5) is 0. The molecular formula is C60H80O12. The van der Waals surface area contributed by atoms with E-state index in [1.807, 2.05) is 0 Å². The minimum absolute atomic E-state index is 0.183. The van der Waals surface area contributed by atoms with Crippen LogP contribution < -0.4 is 37.9 Å². The number of unbranched alkanes of at least 4 members (excludes halogenated alkanes) is 12. The zero-order chi connectivity index (χ0) is 50.1. The molecule has 72 heavy (non-hydrogen) atoms. The van der Waals surface area contributed by atoms with E-state index in [0.29, 0.717) is 68.2 Å². The average Bonchev–Trinajstić information content (AvgIpc) is 3.37. The van der Waals surface area contributed by atoms with Gasteiger partial charge in [0.2, 0.25) is 27.2 Å². The van der Waals surface area contributed by atoms with Crippen LogP contribution in [0.2, 0.25) is 0 Å². The quantitative estimate of drug-likeness (QED) is 0.0494. The Bertz CT molecular complexity index is 2040. The first-order valence-electron chi connectivity index (χ1n) is 27.7. The van der Waals surface area contributed by atoms with Gasteiger partial charge in [-0.15, -0.1) is 0 Å². The first kappa shape index (κ1) is 52.0. The lowest BCUT2D eigenvalue weighted by molar-refractivity contribution is 0.0882. The van der Waals surface area contributed by atoms with Crippen LogP contribution in [0.3, 0.4) is 0 Å². The van der Waals surface area contributed by atoms with Crippen molar-refractivity contribution in [2.24, 2.45) is 0 Å². The molecule has 0 atom stereocenters. The fourth-order valence-corrected chi connectivity index (χ4v) is 12.6. The second kappa shape index (κ2) is 24.4. The molecule has 8 bridgehead atoms. The smallest absolute Gasteiger partial charge is 0.230 e. The van der Waals surface area contributed by atoms with Crippen molar-refractivity contribution in [1.29, 1.82) is 0 Å². The van der Waals surface area contributed by atoms with Gasteiger partial charge in [0.05, 0.1) is 48.7 Å². The minimum Gasteiger partial charge on any atom is -0.457 e. The Hall–Kier alpha value is -4.88. The van der Waals surface area contributed by atoms with Crippen LogP contribution in [0.25, 0.3) is 0 Å². The predicted molar refractivity (Wildman–Crippen MR) is 276 cm³/mol. The van der Waals surface area contributed by atoms with Crippen molar-refractivity contribution in [3.63, 3.8) is 0 Å². The van der Waals surface area contributed by atoms with Crippen LogP contribution in [0.1, 0.15) is 247 Å². The molecule has 0 radical (unpaired) electrons. The molecule has 4 aromatic carbocycles. The van der Waals surface area contributed by atoms with Crippen molar-refractivity contribution in [3.8, 4) is 46.0 Å². The number of aliphatic hydroxyl groups excluding tert-OH is 4. The van der Waals surface area contributed by atoms with Crippen molar-refractivity contribution < 1.29 is 58.3 Å². The number of hydrogen-bond acceptors (Lipinski definition) is 12. The summed E-state index contributed by atoms with van der Waals surface area (Å²) in [6, 6.07) is 9.13. The molecule has 0 aromatic heterocycles. The van der Waals surface area contributed by atoms with E-state index in [4.69, 9.17) is 37.9 Å². The Morgan fingerprint density at radius 3 is 0.625 bits per heavy atom. The van der Waals surface area contributed by atoms with E-state index in [1.54, 1.807) is 0 Å². The summed E-state index contributed by atoms with van der Waals surface area (Å²) in [5.74, 6) is 3.17. The zero-order valence-corrected chi connectivity index (χ0v) is 43.5. The standard InChI is InChI=1S/C60H80O12/c1-5-9-13-17-21-37-41-25-43-38(22-18-14-10-6-2)45-27-47-40(24-20-16-12-8-4)48-28-46-39(23-19-15-11-7-3)44-26-42(37)54-50(30-62)56(44)68-35-70-58(46)52(32-64)60(48)72-36-71-59(47)51(31-63)57(45)69-34-67-55(43)49(29-61)53(41)65-33-66-54/h25-28,37-40,61-64H,5-24,29-36H2,1-4H3. The highest BCUT2D eigenvalue weighted by Gasteiger charge is 2.41. The van der Waals surface area contributed by atoms with E-state index in [-0.39, 0.29) is 77.3 Å². The molecule has 5 aliphatic rings. The zero-order valence-electron chi connectivity index (χ0n) is 43.5. The van der Waals surface area contributed by atoms with Gasteiger partial charge in [0.25, 0.3) is 0 Å². The van der Waals surface area contributed by atoms with Gasteiger partial charge in [0.15, 0.2) is 0 Å². The first-order chi connectivity index (χ1) is 35.5. The molecule has 0 amide bonds. The molecule has 4 heterocycles. The van der Waals surface area contributed by atoms with Crippen LogP contribution in [-0.4, -0.2) is 47.6 Å². The van der Waals surface area contributed by atoms with Gasteiger partial charge < -0.3 is 58.3 Å². The molecule has 0 fully saturated rings. The molecule has 4 aliphatic heterocycles. The van der Waals surface area contributed by atoms with Gasteiger partial charge in [0.1, 0.15) is 46.0 Å². The lowest BCUT2D eigenvalue weighted by atomic mass is 9.74. The van der Waals surface area contributed by atoms with E-state index in [9.17, 15) is 20.4 Å². The van der Waals surface area contributed by atoms with E-state index < -0.39 is 0 Å². The van der Waals surface area contributed by atoms with Crippen LogP contribution in [0.4, 0.5) is 0 Å². The van der Waals surface area contributed by atoms with E-state index in [0.717, 1.165) is 173 Å². The third kappa shape index (κ3) is 10.1. The topological polar surface area (TPSA) is 155 Å². The van der Waals surface area contributed by atoms with Crippen molar-refractivity contribution >= 4 is 0 Å².